The standard InChI is InChI=1S/C17H22O5.C2H6/c1-2-12(1)6-19-14-3-4-17(22-11-16-10-21-16)13(5-14)7-18-8-15-9-20-15;1-2/h3-5,12,15-16H,1-2,6-11H2;1-2H3. The van der Waals surface area contributed by atoms with Gasteiger partial charge in [0, 0.05) is 5.56 Å². The Morgan fingerprint density at radius 3 is 2.33 bits per heavy atom. The van der Waals surface area contributed by atoms with Crippen molar-refractivity contribution in [2.45, 2.75) is 45.5 Å². The van der Waals surface area contributed by atoms with Crippen LogP contribution < -0.4 is 9.47 Å². The van der Waals surface area contributed by atoms with Crippen molar-refractivity contribution in [2.75, 3.05) is 33.0 Å². The second kappa shape index (κ2) is 8.70. The quantitative estimate of drug-likeness (QED) is 0.614. The minimum absolute atomic E-state index is 0.249. The fourth-order valence-corrected chi connectivity index (χ4v) is 2.21. The van der Waals surface area contributed by atoms with Gasteiger partial charge in [0.15, 0.2) is 0 Å². The molecule has 4 rings (SSSR count). The summed E-state index contributed by atoms with van der Waals surface area (Å²) < 4.78 is 27.7. The van der Waals surface area contributed by atoms with Gasteiger partial charge in [-0.05, 0) is 37.0 Å². The molecule has 0 bridgehead atoms. The molecule has 2 heterocycles. The molecule has 5 heteroatoms. The van der Waals surface area contributed by atoms with Gasteiger partial charge in [-0.25, -0.2) is 0 Å². The third-order valence-corrected chi connectivity index (χ3v) is 4.01. The first-order valence-corrected chi connectivity index (χ1v) is 9.06. The van der Waals surface area contributed by atoms with E-state index in [1.165, 1.54) is 12.8 Å². The van der Waals surface area contributed by atoms with Crippen molar-refractivity contribution in [3.8, 4) is 11.5 Å². The summed E-state index contributed by atoms with van der Waals surface area (Å²) in [5.41, 5.74) is 1.02. The highest BCUT2D eigenvalue weighted by Gasteiger charge is 2.25. The van der Waals surface area contributed by atoms with Crippen molar-refractivity contribution in [2.24, 2.45) is 5.92 Å². The largest absolute Gasteiger partial charge is 0.493 e. The normalized spacial score (nSPS) is 23.9. The molecule has 0 N–H and O–H groups in total. The van der Waals surface area contributed by atoms with E-state index in [0.717, 1.165) is 42.8 Å². The molecule has 0 amide bonds. The number of ether oxygens (including phenoxy) is 5. The Morgan fingerprint density at radius 1 is 0.958 bits per heavy atom. The Balaban J connectivity index is 0.000000815. The maximum Gasteiger partial charge on any atom is 0.125 e. The van der Waals surface area contributed by atoms with Gasteiger partial charge < -0.3 is 23.7 Å². The average molecular weight is 336 g/mol. The van der Waals surface area contributed by atoms with Gasteiger partial charge in [0.25, 0.3) is 0 Å². The summed E-state index contributed by atoms with van der Waals surface area (Å²) >= 11 is 0. The first-order chi connectivity index (χ1) is 11.9. The van der Waals surface area contributed by atoms with Gasteiger partial charge >= 0.3 is 0 Å². The maximum atomic E-state index is 5.84. The fraction of sp³-hybridized carbons (Fsp3) is 0.684. The first-order valence-electron chi connectivity index (χ1n) is 9.06. The van der Waals surface area contributed by atoms with Gasteiger partial charge in [-0.3, -0.25) is 0 Å². The van der Waals surface area contributed by atoms with Crippen molar-refractivity contribution in [3.05, 3.63) is 23.8 Å². The van der Waals surface area contributed by atoms with Crippen LogP contribution in [0.4, 0.5) is 0 Å². The van der Waals surface area contributed by atoms with E-state index in [1.54, 1.807) is 0 Å². The van der Waals surface area contributed by atoms with E-state index in [9.17, 15) is 0 Å². The van der Waals surface area contributed by atoms with Crippen LogP contribution in [-0.2, 0) is 20.8 Å². The molecular formula is C19H28O5. The average Bonchev–Trinajstić information content (AvgIpc) is 3.48. The van der Waals surface area contributed by atoms with E-state index in [-0.39, 0.29) is 12.2 Å². The zero-order valence-electron chi connectivity index (χ0n) is 14.7. The molecule has 3 fully saturated rings. The number of rotatable bonds is 10. The lowest BCUT2D eigenvalue weighted by molar-refractivity contribution is 0.101. The van der Waals surface area contributed by atoms with E-state index in [4.69, 9.17) is 23.7 Å². The minimum atomic E-state index is 0.249. The Labute approximate surface area is 144 Å². The second-order valence-electron chi connectivity index (χ2n) is 6.26. The molecule has 2 atom stereocenters. The molecule has 0 radical (unpaired) electrons. The minimum Gasteiger partial charge on any atom is -0.493 e. The smallest absolute Gasteiger partial charge is 0.125 e. The van der Waals surface area contributed by atoms with E-state index in [1.807, 2.05) is 32.0 Å². The summed E-state index contributed by atoms with van der Waals surface area (Å²) in [5.74, 6) is 2.49. The monoisotopic (exact) mass is 336 g/mol. The maximum absolute atomic E-state index is 5.84. The number of hydrogen-bond acceptors (Lipinski definition) is 5. The predicted octanol–water partition coefficient (Wildman–Crippen LogP) is 3.19. The van der Waals surface area contributed by atoms with Crippen molar-refractivity contribution in [1.29, 1.82) is 0 Å². The van der Waals surface area contributed by atoms with Gasteiger partial charge in [0.2, 0.25) is 0 Å². The molecule has 0 spiro atoms. The molecule has 0 aromatic heterocycles. The van der Waals surface area contributed by atoms with Crippen LogP contribution in [0.1, 0.15) is 32.3 Å². The zero-order chi connectivity index (χ0) is 16.8. The first kappa shape index (κ1) is 17.5. The predicted molar refractivity (Wildman–Crippen MR) is 90.6 cm³/mol. The highest BCUT2D eigenvalue weighted by Crippen LogP contribution is 2.31. The second-order valence-corrected chi connectivity index (χ2v) is 6.26. The SMILES string of the molecule is CC.c1cc(OCC2CO2)c(COCC2CO2)cc1OCC1CC1. The molecule has 1 saturated carbocycles. The molecule has 2 saturated heterocycles. The van der Waals surface area contributed by atoms with Gasteiger partial charge in [-0.2, -0.15) is 0 Å². The van der Waals surface area contributed by atoms with Gasteiger partial charge in [-0.15, -0.1) is 0 Å². The van der Waals surface area contributed by atoms with Crippen molar-refractivity contribution in [3.63, 3.8) is 0 Å². The molecular weight excluding hydrogens is 308 g/mol. The molecule has 3 aliphatic rings. The van der Waals surface area contributed by atoms with Crippen molar-refractivity contribution >= 4 is 0 Å². The zero-order valence-corrected chi connectivity index (χ0v) is 14.7. The van der Waals surface area contributed by atoms with Gasteiger partial charge in [-0.1, -0.05) is 13.8 Å². The summed E-state index contributed by atoms with van der Waals surface area (Å²) in [6.07, 6.45) is 3.11. The lowest BCUT2D eigenvalue weighted by atomic mass is 10.2. The molecule has 1 aromatic rings. The van der Waals surface area contributed by atoms with Gasteiger partial charge in [0.1, 0.15) is 30.3 Å². The topological polar surface area (TPSA) is 52.8 Å². The molecule has 2 unspecified atom stereocenters. The summed E-state index contributed by atoms with van der Waals surface area (Å²) in [4.78, 5) is 0. The van der Waals surface area contributed by atoms with Gasteiger partial charge in [0.05, 0.1) is 33.0 Å². The van der Waals surface area contributed by atoms with E-state index in [2.05, 4.69) is 0 Å². The Hall–Kier alpha value is -1.30. The summed E-state index contributed by atoms with van der Waals surface area (Å²) in [6, 6.07) is 5.97. The van der Waals surface area contributed by atoms with Crippen LogP contribution in [0.2, 0.25) is 0 Å². The van der Waals surface area contributed by atoms with Crippen LogP contribution in [0.5, 0.6) is 11.5 Å². The highest BCUT2D eigenvalue weighted by molar-refractivity contribution is 5.40. The van der Waals surface area contributed by atoms with Crippen LogP contribution in [0, 0.1) is 5.92 Å². The van der Waals surface area contributed by atoms with Crippen LogP contribution in [0.15, 0.2) is 18.2 Å². The number of hydrogen-bond donors (Lipinski definition) is 0. The number of benzene rings is 1. The summed E-state index contributed by atoms with van der Waals surface area (Å²) in [5, 5.41) is 0. The molecule has 134 valence electrons. The molecule has 24 heavy (non-hydrogen) atoms. The lowest BCUT2D eigenvalue weighted by Gasteiger charge is -2.13. The molecule has 5 nitrogen and oxygen atoms in total. The third kappa shape index (κ3) is 5.96. The van der Waals surface area contributed by atoms with E-state index >= 15 is 0 Å². The van der Waals surface area contributed by atoms with E-state index < -0.39 is 0 Å². The summed E-state index contributed by atoms with van der Waals surface area (Å²) in [7, 11) is 0. The molecule has 1 aliphatic carbocycles. The number of epoxide rings is 2. The van der Waals surface area contributed by atoms with Crippen LogP contribution in [0.25, 0.3) is 0 Å². The molecule has 1 aromatic carbocycles. The Bertz CT molecular complexity index is 506. The van der Waals surface area contributed by atoms with Crippen molar-refractivity contribution in [1.82, 2.24) is 0 Å². The van der Waals surface area contributed by atoms with Crippen LogP contribution in [-0.4, -0.2) is 45.2 Å². The highest BCUT2D eigenvalue weighted by atomic mass is 16.6. The summed E-state index contributed by atoms with van der Waals surface area (Å²) in [6.45, 7) is 8.17. The third-order valence-electron chi connectivity index (χ3n) is 4.01. The van der Waals surface area contributed by atoms with Crippen LogP contribution >= 0.6 is 0 Å². The van der Waals surface area contributed by atoms with E-state index in [0.29, 0.717) is 19.8 Å². The lowest BCUT2D eigenvalue weighted by Crippen LogP contribution is -2.08. The fourth-order valence-electron chi connectivity index (χ4n) is 2.21. The molecule has 2 aliphatic heterocycles. The van der Waals surface area contributed by atoms with Crippen LogP contribution in [0.3, 0.4) is 0 Å². The Morgan fingerprint density at radius 2 is 1.67 bits per heavy atom. The van der Waals surface area contributed by atoms with Crippen molar-refractivity contribution < 1.29 is 23.7 Å². The Kier molecular flexibility index (Phi) is 6.35.